The van der Waals surface area contributed by atoms with Crippen LogP contribution in [-0.2, 0) is 4.79 Å². The smallest absolute Gasteiger partial charge is 0.321 e. The maximum atomic E-state index is 12.4. The summed E-state index contributed by atoms with van der Waals surface area (Å²) in [7, 11) is 0. The van der Waals surface area contributed by atoms with Crippen LogP contribution in [0.15, 0.2) is 53.7 Å². The highest BCUT2D eigenvalue weighted by Crippen LogP contribution is 2.30. The topological polar surface area (TPSA) is 88.9 Å². The molecular weight excluding hydrogens is 422 g/mol. The van der Waals surface area contributed by atoms with Crippen LogP contribution in [0.5, 0.6) is 0 Å². The molecule has 2 N–H and O–H groups in total. The number of carbonyl (C=O) groups excluding carboxylic acids is 2. The molecule has 0 aliphatic heterocycles. The second-order valence-corrected chi connectivity index (χ2v) is 8.34. The third kappa shape index (κ3) is 5.20. The first-order valence-electron chi connectivity index (χ1n) is 9.42. The van der Waals surface area contributed by atoms with Gasteiger partial charge in [0.1, 0.15) is 0 Å². The van der Waals surface area contributed by atoms with Gasteiger partial charge in [0.05, 0.1) is 5.25 Å². The van der Waals surface area contributed by atoms with Crippen LogP contribution in [-0.4, -0.2) is 38.5 Å². The number of benzene rings is 2. The van der Waals surface area contributed by atoms with Crippen molar-refractivity contribution < 1.29 is 9.59 Å². The zero-order valence-corrected chi connectivity index (χ0v) is 18.4. The normalized spacial score (nSPS) is 11.7. The zero-order chi connectivity index (χ0) is 21.7. The lowest BCUT2D eigenvalue weighted by Gasteiger charge is -2.14. The second-order valence-electron chi connectivity index (χ2n) is 6.59. The largest absolute Gasteiger partial charge is 0.338 e. The Morgan fingerprint density at radius 2 is 1.77 bits per heavy atom. The Kier molecular flexibility index (Phi) is 7.12. The molecule has 0 fully saturated rings. The first-order valence-corrected chi connectivity index (χ1v) is 10.7. The fourth-order valence-electron chi connectivity index (χ4n) is 2.69. The van der Waals surface area contributed by atoms with Gasteiger partial charge in [-0.25, -0.2) is 4.79 Å². The third-order valence-corrected chi connectivity index (χ3v) is 5.55. The molecule has 1 heterocycles. The van der Waals surface area contributed by atoms with Gasteiger partial charge in [0.25, 0.3) is 0 Å². The number of rotatable bonds is 6. The summed E-state index contributed by atoms with van der Waals surface area (Å²) >= 11 is 7.27. The van der Waals surface area contributed by atoms with Crippen molar-refractivity contribution in [1.29, 1.82) is 0 Å². The molecule has 0 saturated heterocycles. The molecule has 3 rings (SSSR count). The minimum Gasteiger partial charge on any atom is -0.338 e. The van der Waals surface area contributed by atoms with Gasteiger partial charge in [0.15, 0.2) is 11.0 Å². The van der Waals surface area contributed by atoms with Gasteiger partial charge < -0.3 is 5.32 Å². The van der Waals surface area contributed by atoms with E-state index in [2.05, 4.69) is 20.8 Å². The number of halogens is 1. The van der Waals surface area contributed by atoms with Gasteiger partial charge in [-0.05, 0) is 45.0 Å². The molecule has 9 heteroatoms. The van der Waals surface area contributed by atoms with Crippen molar-refractivity contribution in [3.8, 4) is 17.1 Å². The number of aromatic nitrogens is 3. The average Bonchev–Trinajstić information content (AvgIpc) is 3.12. The first kappa shape index (κ1) is 21.9. The zero-order valence-electron chi connectivity index (χ0n) is 16.8. The van der Waals surface area contributed by atoms with Gasteiger partial charge in [-0.15, -0.1) is 10.2 Å². The van der Waals surface area contributed by atoms with Crippen LogP contribution in [0.25, 0.3) is 17.1 Å². The summed E-state index contributed by atoms with van der Waals surface area (Å²) in [4.78, 5) is 24.0. The van der Waals surface area contributed by atoms with Crippen molar-refractivity contribution in [3.63, 3.8) is 0 Å². The van der Waals surface area contributed by atoms with Crippen molar-refractivity contribution in [2.45, 2.75) is 31.2 Å². The van der Waals surface area contributed by atoms with E-state index in [0.717, 1.165) is 16.8 Å². The maximum Gasteiger partial charge on any atom is 0.321 e. The van der Waals surface area contributed by atoms with E-state index in [0.29, 0.717) is 22.5 Å². The summed E-state index contributed by atoms with van der Waals surface area (Å²) in [6.07, 6.45) is 0. The van der Waals surface area contributed by atoms with Gasteiger partial charge in [-0.2, -0.15) is 0 Å². The first-order chi connectivity index (χ1) is 14.4. The predicted molar refractivity (Wildman–Crippen MR) is 119 cm³/mol. The van der Waals surface area contributed by atoms with Gasteiger partial charge in [-0.3, -0.25) is 14.7 Å². The summed E-state index contributed by atoms with van der Waals surface area (Å²) in [5, 5.41) is 14.1. The summed E-state index contributed by atoms with van der Waals surface area (Å²) < 4.78 is 1.88. The van der Waals surface area contributed by atoms with E-state index < -0.39 is 17.2 Å². The highest BCUT2D eigenvalue weighted by Gasteiger charge is 2.23. The number of nitrogens with one attached hydrogen (secondary N) is 2. The molecule has 0 bridgehead atoms. The van der Waals surface area contributed by atoms with Crippen molar-refractivity contribution in [2.75, 3.05) is 6.54 Å². The lowest BCUT2D eigenvalue weighted by atomic mass is 10.1. The molecule has 3 aromatic rings. The Morgan fingerprint density at radius 3 is 2.40 bits per heavy atom. The van der Waals surface area contributed by atoms with Crippen LogP contribution < -0.4 is 10.6 Å². The van der Waals surface area contributed by atoms with Crippen LogP contribution in [0.3, 0.4) is 0 Å². The number of aryl methyl sites for hydroxylation is 1. The number of urea groups is 1. The van der Waals surface area contributed by atoms with Crippen LogP contribution in [0.1, 0.15) is 19.4 Å². The highest BCUT2D eigenvalue weighted by molar-refractivity contribution is 8.00. The molecule has 156 valence electrons. The maximum absolute atomic E-state index is 12.4. The van der Waals surface area contributed by atoms with Gasteiger partial charge in [-0.1, -0.05) is 53.2 Å². The molecule has 1 unspecified atom stereocenters. The highest BCUT2D eigenvalue weighted by atomic mass is 35.5. The quantitative estimate of drug-likeness (QED) is 0.557. The standard InChI is InChI=1S/C21H22ClN5O2S/c1-4-23-20(29)24-19(28)14(3)30-21-26-25-18(15-7-5-13(2)6-8-15)27(21)17-11-9-16(22)10-12-17/h5-12,14H,4H2,1-3H3,(H2,23,24,28,29). The lowest BCUT2D eigenvalue weighted by molar-refractivity contribution is -0.119. The number of carbonyl (C=O) groups is 2. The van der Waals surface area contributed by atoms with Gasteiger partial charge in [0.2, 0.25) is 5.91 Å². The Bertz CT molecular complexity index is 1030. The molecule has 2 aromatic carbocycles. The van der Waals surface area contributed by atoms with E-state index in [9.17, 15) is 9.59 Å². The molecule has 0 saturated carbocycles. The minimum atomic E-state index is -0.561. The van der Waals surface area contributed by atoms with Crippen LogP contribution in [0, 0.1) is 6.92 Å². The third-order valence-electron chi connectivity index (χ3n) is 4.25. The monoisotopic (exact) mass is 443 g/mol. The summed E-state index contributed by atoms with van der Waals surface area (Å²) in [5.74, 6) is 0.240. The number of amides is 3. The number of hydrogen-bond donors (Lipinski definition) is 2. The SMILES string of the molecule is CCNC(=O)NC(=O)C(C)Sc1nnc(-c2ccc(C)cc2)n1-c1ccc(Cl)cc1. The lowest BCUT2D eigenvalue weighted by Crippen LogP contribution is -2.42. The van der Waals surface area contributed by atoms with Crippen molar-refractivity contribution in [3.05, 3.63) is 59.1 Å². The van der Waals surface area contributed by atoms with Crippen LogP contribution >= 0.6 is 23.4 Å². The molecule has 0 radical (unpaired) electrons. The molecule has 1 atom stereocenters. The van der Waals surface area contributed by atoms with Gasteiger partial charge >= 0.3 is 6.03 Å². The number of nitrogens with zero attached hydrogens (tertiary/aromatic N) is 3. The van der Waals surface area contributed by atoms with Crippen LogP contribution in [0.4, 0.5) is 4.79 Å². The minimum absolute atomic E-state index is 0.409. The fourth-order valence-corrected chi connectivity index (χ4v) is 3.68. The van der Waals surface area contributed by atoms with Gasteiger partial charge in [0, 0.05) is 22.8 Å². The molecule has 7 nitrogen and oxygen atoms in total. The molecule has 0 aliphatic carbocycles. The Hall–Kier alpha value is -2.84. The number of hydrogen-bond acceptors (Lipinski definition) is 5. The molecule has 0 spiro atoms. The Morgan fingerprint density at radius 1 is 1.10 bits per heavy atom. The number of thioether (sulfide) groups is 1. The predicted octanol–water partition coefficient (Wildman–Crippen LogP) is 4.22. The van der Waals surface area contributed by atoms with E-state index in [1.54, 1.807) is 26.0 Å². The van der Waals surface area contributed by atoms with Crippen LogP contribution in [0.2, 0.25) is 5.02 Å². The Labute approximate surface area is 184 Å². The van der Waals surface area contributed by atoms with E-state index in [1.165, 1.54) is 11.8 Å². The molecule has 30 heavy (non-hydrogen) atoms. The second kappa shape index (κ2) is 9.77. The summed E-state index contributed by atoms with van der Waals surface area (Å²) in [6, 6.07) is 14.8. The van der Waals surface area contributed by atoms with E-state index in [1.807, 2.05) is 47.9 Å². The summed E-state index contributed by atoms with van der Waals surface area (Å²) in [6.45, 7) is 5.95. The molecule has 1 aromatic heterocycles. The summed E-state index contributed by atoms with van der Waals surface area (Å²) in [5.41, 5.74) is 2.86. The number of imide groups is 1. The van der Waals surface area contributed by atoms with E-state index in [4.69, 9.17) is 11.6 Å². The van der Waals surface area contributed by atoms with Crippen molar-refractivity contribution in [2.24, 2.45) is 0 Å². The fraction of sp³-hybridized carbons (Fsp3) is 0.238. The Balaban J connectivity index is 1.94. The van der Waals surface area contributed by atoms with E-state index >= 15 is 0 Å². The average molecular weight is 444 g/mol. The molecular formula is C21H22ClN5O2S. The molecule has 3 amide bonds. The van der Waals surface area contributed by atoms with Crippen molar-refractivity contribution >= 4 is 35.3 Å². The molecule has 0 aliphatic rings. The van der Waals surface area contributed by atoms with E-state index in [-0.39, 0.29) is 0 Å². The van der Waals surface area contributed by atoms with Crippen molar-refractivity contribution in [1.82, 2.24) is 25.4 Å².